The molecule has 0 N–H and O–H groups in total. The number of fused-ring (bicyclic) bond motifs is 5. The summed E-state index contributed by atoms with van der Waals surface area (Å²) in [6, 6.07) is 0. The largest absolute Gasteiger partial charge is 0.300 e. The first-order valence-corrected chi connectivity index (χ1v) is 9.82. The first-order chi connectivity index (χ1) is 11.3. The van der Waals surface area contributed by atoms with Crippen molar-refractivity contribution in [1.29, 1.82) is 0 Å². The number of carbonyl (C=O) groups is 3. The molecule has 24 heavy (non-hydrogen) atoms. The molecule has 3 nitrogen and oxygen atoms in total. The Balaban J connectivity index is 1.68. The molecule has 4 rings (SSSR count). The van der Waals surface area contributed by atoms with Crippen molar-refractivity contribution in [2.45, 2.75) is 72.1 Å². The van der Waals surface area contributed by atoms with Crippen molar-refractivity contribution in [2.75, 3.05) is 0 Å². The molecule has 132 valence electrons. The van der Waals surface area contributed by atoms with Crippen LogP contribution in [0.1, 0.15) is 72.1 Å². The van der Waals surface area contributed by atoms with Gasteiger partial charge in [0, 0.05) is 31.1 Å². The molecule has 0 aromatic rings. The standard InChI is InChI=1S/C21H30O3/c1-12(22)17-11-18(24)19-15-5-4-13-10-14(23)6-8-20(13,2)16(15)7-9-21(17,19)3/h13,15-17,19H,4-11H2,1-3H3/t13?,15-,16+,17-,19-,20+,21-/m1/s1. The van der Waals surface area contributed by atoms with Gasteiger partial charge >= 0.3 is 0 Å². The summed E-state index contributed by atoms with van der Waals surface area (Å²) in [4.78, 5) is 37.0. The number of carbonyl (C=O) groups excluding carboxylic acids is 3. The minimum Gasteiger partial charge on any atom is -0.300 e. The molecule has 0 aromatic heterocycles. The zero-order valence-corrected chi connectivity index (χ0v) is 15.3. The van der Waals surface area contributed by atoms with Crippen molar-refractivity contribution < 1.29 is 14.4 Å². The van der Waals surface area contributed by atoms with Crippen LogP contribution in [0, 0.1) is 40.4 Å². The van der Waals surface area contributed by atoms with E-state index in [1.807, 2.05) is 0 Å². The van der Waals surface area contributed by atoms with E-state index in [4.69, 9.17) is 0 Å². The van der Waals surface area contributed by atoms with Crippen LogP contribution in [0.25, 0.3) is 0 Å². The van der Waals surface area contributed by atoms with Crippen molar-refractivity contribution in [3.8, 4) is 0 Å². The highest BCUT2D eigenvalue weighted by Crippen LogP contribution is 2.66. The smallest absolute Gasteiger partial charge is 0.137 e. The highest BCUT2D eigenvalue weighted by Gasteiger charge is 2.63. The Morgan fingerprint density at radius 2 is 1.75 bits per heavy atom. The number of Topliss-reactive ketones (excluding diaryl/α,β-unsaturated/α-hetero) is 3. The molecule has 7 atom stereocenters. The summed E-state index contributed by atoms with van der Waals surface area (Å²) >= 11 is 0. The van der Waals surface area contributed by atoms with Crippen molar-refractivity contribution in [3.05, 3.63) is 0 Å². The van der Waals surface area contributed by atoms with Crippen LogP contribution in [-0.4, -0.2) is 17.3 Å². The molecule has 1 unspecified atom stereocenters. The van der Waals surface area contributed by atoms with Gasteiger partial charge < -0.3 is 0 Å². The summed E-state index contributed by atoms with van der Waals surface area (Å²) in [6.45, 7) is 6.28. The van der Waals surface area contributed by atoms with E-state index < -0.39 is 0 Å². The Hall–Kier alpha value is -0.990. The average Bonchev–Trinajstić information content (AvgIpc) is 2.80. The lowest BCUT2D eigenvalue weighted by Crippen LogP contribution is -2.54. The van der Waals surface area contributed by atoms with Crippen LogP contribution in [-0.2, 0) is 14.4 Å². The Labute approximate surface area is 144 Å². The Bertz CT molecular complexity index is 608. The summed E-state index contributed by atoms with van der Waals surface area (Å²) in [5.74, 6) is 2.54. The van der Waals surface area contributed by atoms with Gasteiger partial charge in [0.1, 0.15) is 17.3 Å². The van der Waals surface area contributed by atoms with Gasteiger partial charge in [0.2, 0.25) is 0 Å². The predicted octanol–water partition coefficient (Wildman–Crippen LogP) is 3.98. The third-order valence-corrected chi connectivity index (χ3v) is 8.73. The van der Waals surface area contributed by atoms with Crippen LogP contribution in [0.2, 0.25) is 0 Å². The third-order valence-electron chi connectivity index (χ3n) is 8.73. The molecular formula is C21H30O3. The normalized spacial score (nSPS) is 50.9. The molecule has 4 saturated carbocycles. The fraction of sp³-hybridized carbons (Fsp3) is 0.857. The van der Waals surface area contributed by atoms with Gasteiger partial charge in [0.15, 0.2) is 0 Å². The van der Waals surface area contributed by atoms with Crippen molar-refractivity contribution >= 4 is 17.3 Å². The van der Waals surface area contributed by atoms with E-state index in [-0.39, 0.29) is 28.4 Å². The average molecular weight is 330 g/mol. The molecular weight excluding hydrogens is 300 g/mol. The van der Waals surface area contributed by atoms with Crippen LogP contribution < -0.4 is 0 Å². The van der Waals surface area contributed by atoms with Gasteiger partial charge in [-0.3, -0.25) is 14.4 Å². The van der Waals surface area contributed by atoms with E-state index in [2.05, 4.69) is 13.8 Å². The number of rotatable bonds is 1. The predicted molar refractivity (Wildman–Crippen MR) is 91.3 cm³/mol. The lowest BCUT2D eigenvalue weighted by atomic mass is 9.44. The second kappa shape index (κ2) is 5.25. The molecule has 0 aromatic carbocycles. The summed E-state index contributed by atoms with van der Waals surface area (Å²) in [5.41, 5.74) is 0.116. The van der Waals surface area contributed by atoms with E-state index in [9.17, 15) is 14.4 Å². The second-order valence-corrected chi connectivity index (χ2v) is 9.65. The molecule has 3 heteroatoms. The number of hydrogen-bond donors (Lipinski definition) is 0. The molecule has 0 spiro atoms. The van der Waals surface area contributed by atoms with E-state index in [1.165, 1.54) is 0 Å². The molecule has 0 saturated heterocycles. The highest BCUT2D eigenvalue weighted by molar-refractivity contribution is 5.93. The lowest BCUT2D eigenvalue weighted by molar-refractivity contribution is -0.149. The Morgan fingerprint density at radius 3 is 2.46 bits per heavy atom. The van der Waals surface area contributed by atoms with Gasteiger partial charge in [-0.1, -0.05) is 13.8 Å². The van der Waals surface area contributed by atoms with Crippen LogP contribution >= 0.6 is 0 Å². The maximum atomic E-state index is 12.9. The molecule has 0 heterocycles. The van der Waals surface area contributed by atoms with E-state index in [0.717, 1.165) is 44.9 Å². The zero-order chi connectivity index (χ0) is 17.3. The summed E-state index contributed by atoms with van der Waals surface area (Å²) in [6.07, 6.45) is 7.27. The molecule has 0 amide bonds. The molecule has 0 bridgehead atoms. The topological polar surface area (TPSA) is 51.2 Å². The van der Waals surface area contributed by atoms with E-state index in [1.54, 1.807) is 6.92 Å². The van der Waals surface area contributed by atoms with Crippen LogP contribution in [0.4, 0.5) is 0 Å². The minimum absolute atomic E-state index is 0.0607. The van der Waals surface area contributed by atoms with Crippen molar-refractivity contribution in [2.24, 2.45) is 40.4 Å². The molecule has 0 radical (unpaired) electrons. The van der Waals surface area contributed by atoms with Crippen LogP contribution in [0.15, 0.2) is 0 Å². The Kier molecular flexibility index (Phi) is 3.61. The molecule has 4 aliphatic rings. The van der Waals surface area contributed by atoms with Crippen LogP contribution in [0.3, 0.4) is 0 Å². The minimum atomic E-state index is -0.113. The number of ketones is 3. The van der Waals surface area contributed by atoms with Gasteiger partial charge in [-0.15, -0.1) is 0 Å². The quantitative estimate of drug-likeness (QED) is 0.730. The van der Waals surface area contributed by atoms with Crippen molar-refractivity contribution in [1.82, 2.24) is 0 Å². The van der Waals surface area contributed by atoms with Crippen LogP contribution in [0.5, 0.6) is 0 Å². The Morgan fingerprint density at radius 1 is 1.00 bits per heavy atom. The van der Waals surface area contributed by atoms with E-state index in [0.29, 0.717) is 35.7 Å². The second-order valence-electron chi connectivity index (χ2n) is 9.65. The summed E-state index contributed by atoms with van der Waals surface area (Å²) in [5, 5.41) is 0. The van der Waals surface area contributed by atoms with E-state index >= 15 is 0 Å². The monoisotopic (exact) mass is 330 g/mol. The SMILES string of the molecule is CC(=O)[C@H]1CC(=O)[C@H]2[C@@H]3CCC4CC(=O)CC[C@]4(C)[C@H]3CC[C@]12C. The summed E-state index contributed by atoms with van der Waals surface area (Å²) in [7, 11) is 0. The highest BCUT2D eigenvalue weighted by atomic mass is 16.1. The maximum absolute atomic E-state index is 12.9. The van der Waals surface area contributed by atoms with Gasteiger partial charge in [-0.2, -0.15) is 0 Å². The van der Waals surface area contributed by atoms with Gasteiger partial charge in [0.05, 0.1) is 0 Å². The zero-order valence-electron chi connectivity index (χ0n) is 15.3. The molecule has 4 fully saturated rings. The van der Waals surface area contributed by atoms with Gasteiger partial charge in [0.25, 0.3) is 0 Å². The molecule has 0 aliphatic heterocycles. The molecule has 4 aliphatic carbocycles. The first-order valence-electron chi connectivity index (χ1n) is 9.82. The third kappa shape index (κ3) is 2.05. The lowest BCUT2D eigenvalue weighted by Gasteiger charge is -2.59. The van der Waals surface area contributed by atoms with Gasteiger partial charge in [-0.05, 0) is 67.6 Å². The maximum Gasteiger partial charge on any atom is 0.137 e. The fourth-order valence-electron chi connectivity index (χ4n) is 7.45. The van der Waals surface area contributed by atoms with Gasteiger partial charge in [-0.25, -0.2) is 0 Å². The fourth-order valence-corrected chi connectivity index (χ4v) is 7.45. The first kappa shape index (κ1) is 16.5. The van der Waals surface area contributed by atoms with Crippen molar-refractivity contribution in [3.63, 3.8) is 0 Å². The number of hydrogen-bond acceptors (Lipinski definition) is 3. The summed E-state index contributed by atoms with van der Waals surface area (Å²) < 4.78 is 0.